The van der Waals surface area contributed by atoms with Crippen molar-refractivity contribution < 1.29 is 9.53 Å². The van der Waals surface area contributed by atoms with Gasteiger partial charge in [0, 0.05) is 30.1 Å². The number of carbonyl (C=O) groups is 1. The highest BCUT2D eigenvalue weighted by Crippen LogP contribution is 2.31. The van der Waals surface area contributed by atoms with Crippen LogP contribution < -0.4 is 10.1 Å². The molecule has 0 saturated carbocycles. The van der Waals surface area contributed by atoms with Crippen LogP contribution in [0.4, 0.5) is 0 Å². The van der Waals surface area contributed by atoms with E-state index in [4.69, 9.17) is 9.72 Å². The van der Waals surface area contributed by atoms with E-state index in [0.29, 0.717) is 0 Å². The first-order valence-corrected chi connectivity index (χ1v) is 11.7. The van der Waals surface area contributed by atoms with Gasteiger partial charge in [-0.15, -0.1) is 0 Å². The lowest BCUT2D eigenvalue weighted by Crippen LogP contribution is -2.45. The molecule has 6 nitrogen and oxygen atoms in total. The molecular weight excluding hydrogens is 412 g/mol. The first-order valence-electron chi connectivity index (χ1n) is 11.7. The molecule has 0 spiro atoms. The molecule has 3 aromatic rings. The zero-order valence-electron chi connectivity index (χ0n) is 20.0. The number of ether oxygens (including phenoxy) is 1. The maximum absolute atomic E-state index is 12.9. The molecule has 4 rings (SSSR count). The third-order valence-electron chi connectivity index (χ3n) is 6.33. The zero-order chi connectivity index (χ0) is 23.4. The molecule has 0 radical (unpaired) electrons. The van der Waals surface area contributed by atoms with E-state index in [-0.39, 0.29) is 17.9 Å². The summed E-state index contributed by atoms with van der Waals surface area (Å²) in [5, 5.41) is 4.38. The van der Waals surface area contributed by atoms with Crippen molar-refractivity contribution in [1.82, 2.24) is 20.2 Å². The van der Waals surface area contributed by atoms with E-state index in [1.807, 2.05) is 51.1 Å². The molecule has 1 N–H and O–H groups in total. The maximum Gasteiger partial charge on any atom is 0.225 e. The van der Waals surface area contributed by atoms with Crippen LogP contribution in [-0.2, 0) is 11.3 Å². The van der Waals surface area contributed by atoms with Crippen molar-refractivity contribution in [2.75, 3.05) is 20.2 Å². The highest BCUT2D eigenvalue weighted by atomic mass is 16.5. The van der Waals surface area contributed by atoms with E-state index in [9.17, 15) is 4.79 Å². The minimum absolute atomic E-state index is 0.0542. The van der Waals surface area contributed by atoms with E-state index < -0.39 is 5.41 Å². The van der Waals surface area contributed by atoms with E-state index >= 15 is 0 Å². The van der Waals surface area contributed by atoms with Crippen LogP contribution in [0.25, 0.3) is 10.9 Å². The summed E-state index contributed by atoms with van der Waals surface area (Å²) in [6.45, 7) is 8.52. The van der Waals surface area contributed by atoms with Crippen molar-refractivity contribution in [3.8, 4) is 5.75 Å². The summed E-state index contributed by atoms with van der Waals surface area (Å²) in [6, 6.07) is 16.0. The van der Waals surface area contributed by atoms with Gasteiger partial charge in [0.25, 0.3) is 0 Å². The van der Waals surface area contributed by atoms with Crippen LogP contribution >= 0.6 is 0 Å². The van der Waals surface area contributed by atoms with Crippen LogP contribution in [0.5, 0.6) is 5.75 Å². The molecule has 0 unspecified atom stereocenters. The Morgan fingerprint density at radius 2 is 2.03 bits per heavy atom. The highest BCUT2D eigenvalue weighted by molar-refractivity contribution is 5.84. The van der Waals surface area contributed by atoms with Crippen molar-refractivity contribution in [2.24, 2.45) is 11.3 Å². The maximum atomic E-state index is 12.9. The Morgan fingerprint density at radius 1 is 1.18 bits per heavy atom. The third kappa shape index (κ3) is 5.50. The smallest absolute Gasteiger partial charge is 0.225 e. The summed E-state index contributed by atoms with van der Waals surface area (Å²) in [5.74, 6) is 1.14. The Labute approximate surface area is 196 Å². The number of amides is 1. The van der Waals surface area contributed by atoms with Crippen LogP contribution in [0.15, 0.2) is 54.7 Å². The third-order valence-corrected chi connectivity index (χ3v) is 6.33. The normalized spacial score (nSPS) is 18.1. The average molecular weight is 447 g/mol. The minimum atomic E-state index is -0.449. The number of rotatable bonds is 6. The summed E-state index contributed by atoms with van der Waals surface area (Å²) < 4.78 is 5.51. The van der Waals surface area contributed by atoms with Gasteiger partial charge in [-0.1, -0.05) is 45.0 Å². The summed E-state index contributed by atoms with van der Waals surface area (Å²) in [6.07, 6.45) is 3.94. The Hall–Kier alpha value is -2.99. The first-order chi connectivity index (χ1) is 15.8. The standard InChI is InChI=1S/C27H34N4O2/c1-27(2,3)26(32)30-24(22-11-5-6-15-28-22)20-10-8-16-31(17-20)18-21-14-13-19-9-7-12-23(33-4)25(19)29-21/h5-7,9,11-15,20,24H,8,10,16-18H2,1-4H3,(H,30,32)/t20-,24-/m1/s1. The molecule has 0 bridgehead atoms. The lowest BCUT2D eigenvalue weighted by molar-refractivity contribution is -0.130. The summed E-state index contributed by atoms with van der Waals surface area (Å²) in [4.78, 5) is 24.8. The molecule has 0 aliphatic carbocycles. The first kappa shape index (κ1) is 23.2. The van der Waals surface area contributed by atoms with Gasteiger partial charge in [0.15, 0.2) is 0 Å². The number of likely N-dealkylation sites (tertiary alicyclic amines) is 1. The molecule has 1 fully saturated rings. The quantitative estimate of drug-likeness (QED) is 0.592. The largest absolute Gasteiger partial charge is 0.494 e. The van der Waals surface area contributed by atoms with Crippen molar-refractivity contribution in [1.29, 1.82) is 0 Å². The molecule has 1 aliphatic heterocycles. The van der Waals surface area contributed by atoms with Gasteiger partial charge in [0.1, 0.15) is 11.3 Å². The van der Waals surface area contributed by atoms with Crippen LogP contribution in [-0.4, -0.2) is 41.0 Å². The Balaban J connectivity index is 1.53. The second-order valence-electron chi connectivity index (χ2n) is 9.93. The topological polar surface area (TPSA) is 67.3 Å². The van der Waals surface area contributed by atoms with E-state index in [2.05, 4.69) is 33.4 Å². The van der Waals surface area contributed by atoms with Gasteiger partial charge in [-0.3, -0.25) is 14.7 Å². The van der Waals surface area contributed by atoms with Gasteiger partial charge < -0.3 is 10.1 Å². The van der Waals surface area contributed by atoms with Gasteiger partial charge in [0.2, 0.25) is 5.91 Å². The molecule has 1 aromatic carbocycles. The van der Waals surface area contributed by atoms with Crippen LogP contribution in [0.1, 0.15) is 51.0 Å². The van der Waals surface area contributed by atoms with Gasteiger partial charge in [-0.25, -0.2) is 4.98 Å². The Morgan fingerprint density at radius 3 is 2.76 bits per heavy atom. The van der Waals surface area contributed by atoms with Crippen LogP contribution in [0.3, 0.4) is 0 Å². The van der Waals surface area contributed by atoms with Crippen molar-refractivity contribution >= 4 is 16.8 Å². The number of carbonyl (C=O) groups excluding carboxylic acids is 1. The van der Waals surface area contributed by atoms with Gasteiger partial charge in [0.05, 0.1) is 24.5 Å². The molecule has 6 heteroatoms. The second kappa shape index (κ2) is 9.87. The molecule has 1 amide bonds. The number of fused-ring (bicyclic) bond motifs is 1. The minimum Gasteiger partial charge on any atom is -0.494 e. The monoisotopic (exact) mass is 446 g/mol. The van der Waals surface area contributed by atoms with Crippen molar-refractivity contribution in [2.45, 2.75) is 46.2 Å². The number of hydrogen-bond donors (Lipinski definition) is 1. The van der Waals surface area contributed by atoms with Crippen molar-refractivity contribution in [3.63, 3.8) is 0 Å². The molecule has 2 aromatic heterocycles. The molecule has 33 heavy (non-hydrogen) atoms. The second-order valence-corrected chi connectivity index (χ2v) is 9.93. The predicted octanol–water partition coefficient (Wildman–Crippen LogP) is 4.75. The SMILES string of the molecule is COc1cccc2ccc(CN3CCC[C@@H]([C@@H](NC(=O)C(C)(C)C)c4ccccn4)C3)nc12. The van der Waals surface area contributed by atoms with Gasteiger partial charge in [-0.2, -0.15) is 0 Å². The fourth-order valence-corrected chi connectivity index (χ4v) is 4.50. The number of para-hydroxylation sites is 1. The average Bonchev–Trinajstić information content (AvgIpc) is 2.82. The van der Waals surface area contributed by atoms with Gasteiger partial charge in [-0.05, 0) is 49.6 Å². The Bertz CT molecular complexity index is 1090. The number of pyridine rings is 2. The molecule has 1 aliphatic rings. The number of aromatic nitrogens is 2. The van der Waals surface area contributed by atoms with E-state index in [1.165, 1.54) is 0 Å². The van der Waals surface area contributed by atoms with Gasteiger partial charge >= 0.3 is 0 Å². The number of nitrogens with one attached hydrogen (secondary N) is 1. The summed E-state index contributed by atoms with van der Waals surface area (Å²) >= 11 is 0. The number of nitrogens with zero attached hydrogens (tertiary/aromatic N) is 3. The molecule has 1 saturated heterocycles. The highest BCUT2D eigenvalue weighted by Gasteiger charge is 2.33. The predicted molar refractivity (Wildman–Crippen MR) is 131 cm³/mol. The molecule has 2 atom stereocenters. The lowest BCUT2D eigenvalue weighted by Gasteiger charge is -2.37. The summed E-state index contributed by atoms with van der Waals surface area (Å²) in [5.41, 5.74) is 2.40. The number of piperidine rings is 1. The summed E-state index contributed by atoms with van der Waals surface area (Å²) in [7, 11) is 1.68. The zero-order valence-corrected chi connectivity index (χ0v) is 20.0. The van der Waals surface area contributed by atoms with Crippen LogP contribution in [0.2, 0.25) is 0 Å². The Kier molecular flexibility index (Phi) is 6.94. The number of methoxy groups -OCH3 is 1. The number of hydrogen-bond acceptors (Lipinski definition) is 5. The van der Waals surface area contributed by atoms with E-state index in [1.54, 1.807) is 13.3 Å². The van der Waals surface area contributed by atoms with Crippen molar-refractivity contribution in [3.05, 3.63) is 66.1 Å². The fourth-order valence-electron chi connectivity index (χ4n) is 4.50. The lowest BCUT2D eigenvalue weighted by atomic mass is 9.86. The molecular formula is C27H34N4O2. The number of benzene rings is 1. The molecule has 174 valence electrons. The van der Waals surface area contributed by atoms with Crippen LogP contribution in [0, 0.1) is 11.3 Å². The molecule has 3 heterocycles. The fraction of sp³-hybridized carbons (Fsp3) is 0.444. The van der Waals surface area contributed by atoms with E-state index in [0.717, 1.165) is 60.5 Å².